The zero-order chi connectivity index (χ0) is 20.8. The van der Waals surface area contributed by atoms with Gasteiger partial charge in [-0.3, -0.25) is 9.52 Å². The number of aryl methyl sites for hydroxylation is 1. The Hall–Kier alpha value is -2.81. The van der Waals surface area contributed by atoms with Crippen LogP contribution < -0.4 is 4.72 Å². The van der Waals surface area contributed by atoms with Crippen LogP contribution >= 0.6 is 0 Å². The third-order valence-electron chi connectivity index (χ3n) is 5.22. The highest BCUT2D eigenvalue weighted by Crippen LogP contribution is 2.30. The standard InChI is InChI=1S/C20H19F2N3O3S/c1-11-8-13-14(10-24-20(13)23-9-11)19(26)17-15(21)6-7-16(18(17)22)25-29(27,28)12-4-2-3-5-12/h6-10,12,25H,2-5H2,1H3,(H,23,24). The number of rotatable bonds is 5. The van der Waals surface area contributed by atoms with Gasteiger partial charge in [0.05, 0.1) is 16.5 Å². The molecule has 29 heavy (non-hydrogen) atoms. The second-order valence-corrected chi connectivity index (χ2v) is 9.24. The lowest BCUT2D eigenvalue weighted by atomic mass is 10.0. The number of pyridine rings is 1. The molecule has 1 fully saturated rings. The first-order chi connectivity index (χ1) is 13.8. The highest BCUT2D eigenvalue weighted by atomic mass is 32.2. The first kappa shape index (κ1) is 19.5. The fourth-order valence-corrected chi connectivity index (χ4v) is 5.29. The molecule has 0 radical (unpaired) electrons. The number of hydrogen-bond donors (Lipinski definition) is 2. The number of halogens is 2. The zero-order valence-electron chi connectivity index (χ0n) is 15.6. The van der Waals surface area contributed by atoms with Crippen molar-refractivity contribution in [2.24, 2.45) is 0 Å². The maximum atomic E-state index is 15.1. The lowest BCUT2D eigenvalue weighted by Gasteiger charge is -2.15. The van der Waals surface area contributed by atoms with Gasteiger partial charge < -0.3 is 4.98 Å². The Balaban J connectivity index is 1.75. The number of benzene rings is 1. The maximum Gasteiger partial charge on any atom is 0.235 e. The minimum absolute atomic E-state index is 0.0600. The summed E-state index contributed by atoms with van der Waals surface area (Å²) in [6, 6.07) is 3.57. The summed E-state index contributed by atoms with van der Waals surface area (Å²) in [5.74, 6) is -3.18. The van der Waals surface area contributed by atoms with Crippen LogP contribution in [-0.2, 0) is 10.0 Å². The molecule has 0 amide bonds. The molecule has 4 rings (SSSR count). The van der Waals surface area contributed by atoms with Crippen molar-refractivity contribution >= 4 is 32.5 Å². The molecule has 2 heterocycles. The molecule has 0 aliphatic heterocycles. The SMILES string of the molecule is Cc1cnc2[nH]cc(C(=O)c3c(F)ccc(NS(=O)(=O)C4CCCC4)c3F)c2c1. The molecule has 2 aromatic heterocycles. The first-order valence-corrected chi connectivity index (χ1v) is 10.8. The van der Waals surface area contributed by atoms with Crippen molar-refractivity contribution in [3.8, 4) is 0 Å². The highest BCUT2D eigenvalue weighted by molar-refractivity contribution is 7.93. The number of ketones is 1. The van der Waals surface area contributed by atoms with Crippen LogP contribution in [0.5, 0.6) is 0 Å². The van der Waals surface area contributed by atoms with Gasteiger partial charge in [-0.05, 0) is 43.5 Å². The minimum Gasteiger partial charge on any atom is -0.345 e. The van der Waals surface area contributed by atoms with E-state index < -0.39 is 43.9 Å². The van der Waals surface area contributed by atoms with E-state index in [0.29, 0.717) is 23.9 Å². The quantitative estimate of drug-likeness (QED) is 0.610. The number of aromatic nitrogens is 2. The van der Waals surface area contributed by atoms with Crippen LogP contribution in [0, 0.1) is 18.6 Å². The average Bonchev–Trinajstić information content (AvgIpc) is 3.34. The molecule has 1 aromatic carbocycles. The van der Waals surface area contributed by atoms with Gasteiger partial charge in [0.2, 0.25) is 15.8 Å². The summed E-state index contributed by atoms with van der Waals surface area (Å²) in [5, 5.41) is -0.181. The summed E-state index contributed by atoms with van der Waals surface area (Å²) in [7, 11) is -3.82. The molecule has 0 spiro atoms. The Labute approximate surface area is 166 Å². The summed E-state index contributed by atoms with van der Waals surface area (Å²) in [4.78, 5) is 19.9. The normalized spacial score (nSPS) is 15.1. The van der Waals surface area contributed by atoms with Crippen LogP contribution in [0.1, 0.15) is 47.2 Å². The Morgan fingerprint density at radius 3 is 2.69 bits per heavy atom. The van der Waals surface area contributed by atoms with Crippen LogP contribution in [0.2, 0.25) is 0 Å². The van der Waals surface area contributed by atoms with Gasteiger partial charge in [-0.1, -0.05) is 12.8 Å². The molecule has 2 N–H and O–H groups in total. The minimum atomic E-state index is -3.82. The Morgan fingerprint density at radius 2 is 1.97 bits per heavy atom. The smallest absolute Gasteiger partial charge is 0.235 e. The number of fused-ring (bicyclic) bond motifs is 1. The predicted molar refractivity (Wildman–Crippen MR) is 105 cm³/mol. The Bertz CT molecular complexity index is 1220. The summed E-state index contributed by atoms with van der Waals surface area (Å²) in [6.45, 7) is 1.79. The molecular weight excluding hydrogens is 400 g/mol. The van der Waals surface area contributed by atoms with E-state index in [0.717, 1.165) is 30.5 Å². The number of aromatic amines is 1. The van der Waals surface area contributed by atoms with Gasteiger partial charge in [0.1, 0.15) is 11.5 Å². The second kappa shape index (κ2) is 7.22. The van der Waals surface area contributed by atoms with Gasteiger partial charge in [-0.2, -0.15) is 0 Å². The van der Waals surface area contributed by atoms with Gasteiger partial charge in [-0.15, -0.1) is 0 Å². The molecule has 6 nitrogen and oxygen atoms in total. The predicted octanol–water partition coefficient (Wildman–Crippen LogP) is 4.06. The van der Waals surface area contributed by atoms with Gasteiger partial charge >= 0.3 is 0 Å². The van der Waals surface area contributed by atoms with Gasteiger partial charge in [0.15, 0.2) is 5.82 Å². The van der Waals surface area contributed by atoms with Crippen LogP contribution in [0.15, 0.2) is 30.6 Å². The van der Waals surface area contributed by atoms with E-state index in [1.807, 2.05) is 0 Å². The van der Waals surface area contributed by atoms with Crippen LogP contribution in [0.25, 0.3) is 11.0 Å². The lowest BCUT2D eigenvalue weighted by molar-refractivity contribution is 0.103. The molecule has 0 unspecified atom stereocenters. The van der Waals surface area contributed by atoms with Crippen molar-refractivity contribution < 1.29 is 22.0 Å². The lowest BCUT2D eigenvalue weighted by Crippen LogP contribution is -2.26. The van der Waals surface area contributed by atoms with E-state index in [1.54, 1.807) is 19.2 Å². The third-order valence-corrected chi connectivity index (χ3v) is 7.08. The van der Waals surface area contributed by atoms with Crippen molar-refractivity contribution in [1.29, 1.82) is 0 Å². The third kappa shape index (κ3) is 3.50. The van der Waals surface area contributed by atoms with Gasteiger partial charge in [0, 0.05) is 23.3 Å². The van der Waals surface area contributed by atoms with Crippen molar-refractivity contribution in [3.63, 3.8) is 0 Å². The highest BCUT2D eigenvalue weighted by Gasteiger charge is 2.31. The number of nitrogens with one attached hydrogen (secondary N) is 2. The van der Waals surface area contributed by atoms with Crippen LogP contribution in [0.3, 0.4) is 0 Å². The number of anilines is 1. The van der Waals surface area contributed by atoms with Crippen molar-refractivity contribution in [2.45, 2.75) is 37.9 Å². The molecule has 152 valence electrons. The first-order valence-electron chi connectivity index (χ1n) is 9.26. The molecule has 0 bridgehead atoms. The topological polar surface area (TPSA) is 91.9 Å². The number of hydrogen-bond acceptors (Lipinski definition) is 4. The van der Waals surface area contributed by atoms with Crippen LogP contribution in [-0.4, -0.2) is 29.4 Å². The number of carbonyl (C=O) groups is 1. The summed E-state index contributed by atoms with van der Waals surface area (Å²) >= 11 is 0. The molecule has 9 heteroatoms. The van der Waals surface area contributed by atoms with E-state index in [9.17, 15) is 17.6 Å². The van der Waals surface area contributed by atoms with Crippen molar-refractivity contribution in [1.82, 2.24) is 9.97 Å². The number of carbonyl (C=O) groups excluding carboxylic acids is 1. The monoisotopic (exact) mass is 419 g/mol. The average molecular weight is 419 g/mol. The van der Waals surface area contributed by atoms with E-state index in [2.05, 4.69) is 14.7 Å². The van der Waals surface area contributed by atoms with E-state index in [4.69, 9.17) is 0 Å². The number of sulfonamides is 1. The summed E-state index contributed by atoms with van der Waals surface area (Å²) in [6.07, 6.45) is 5.50. The van der Waals surface area contributed by atoms with Crippen LogP contribution in [0.4, 0.5) is 14.5 Å². The molecule has 1 saturated carbocycles. The molecule has 0 saturated heterocycles. The maximum absolute atomic E-state index is 15.1. The second-order valence-electron chi connectivity index (χ2n) is 7.28. The summed E-state index contributed by atoms with van der Waals surface area (Å²) < 4.78 is 56.7. The Morgan fingerprint density at radius 1 is 1.24 bits per heavy atom. The van der Waals surface area contributed by atoms with Crippen molar-refractivity contribution in [2.75, 3.05) is 4.72 Å². The molecule has 3 aromatic rings. The number of nitrogens with zero attached hydrogens (tertiary/aromatic N) is 1. The van der Waals surface area contributed by atoms with Gasteiger partial charge in [0.25, 0.3) is 0 Å². The number of H-pyrrole nitrogens is 1. The Kier molecular flexibility index (Phi) is 4.85. The molecular formula is C20H19F2N3O3S. The van der Waals surface area contributed by atoms with E-state index in [1.165, 1.54) is 6.20 Å². The zero-order valence-corrected chi connectivity index (χ0v) is 16.4. The largest absolute Gasteiger partial charge is 0.345 e. The molecule has 0 atom stereocenters. The van der Waals surface area contributed by atoms with E-state index >= 15 is 4.39 Å². The molecule has 1 aliphatic carbocycles. The van der Waals surface area contributed by atoms with Crippen molar-refractivity contribution in [3.05, 3.63) is 58.9 Å². The fourth-order valence-electron chi connectivity index (χ4n) is 3.71. The fraction of sp³-hybridized carbons (Fsp3) is 0.300. The van der Waals surface area contributed by atoms with E-state index in [-0.39, 0.29) is 5.56 Å². The molecule has 1 aliphatic rings. The van der Waals surface area contributed by atoms with Gasteiger partial charge in [-0.25, -0.2) is 22.2 Å². The summed E-state index contributed by atoms with van der Waals surface area (Å²) in [5.41, 5.74) is 0.0163.